The predicted octanol–water partition coefficient (Wildman–Crippen LogP) is 4.87. The van der Waals surface area contributed by atoms with E-state index in [1.807, 2.05) is 0 Å². The molecule has 1 amide bonds. The summed E-state index contributed by atoms with van der Waals surface area (Å²) in [6.45, 7) is 1.13. The van der Waals surface area contributed by atoms with Gasteiger partial charge in [-0.25, -0.2) is 0 Å². The quantitative estimate of drug-likeness (QED) is 0.545. The van der Waals surface area contributed by atoms with Crippen molar-refractivity contribution in [2.24, 2.45) is 0 Å². The third-order valence-corrected chi connectivity index (χ3v) is 4.36. The number of carbonyl (C=O) groups excluding carboxylic acids is 2. The molecular formula is C17H14ClF2NO3S. The van der Waals surface area contributed by atoms with E-state index in [9.17, 15) is 18.4 Å². The number of anilines is 1. The van der Waals surface area contributed by atoms with Crippen LogP contribution in [0.25, 0.3) is 0 Å². The first-order valence-electron chi connectivity index (χ1n) is 7.14. The molecule has 0 aromatic heterocycles. The van der Waals surface area contributed by atoms with Gasteiger partial charge in [0.1, 0.15) is 5.75 Å². The Balaban J connectivity index is 1.98. The maximum atomic E-state index is 12.6. The first-order valence-corrected chi connectivity index (χ1v) is 8.39. The van der Waals surface area contributed by atoms with Gasteiger partial charge >= 0.3 is 0 Å². The summed E-state index contributed by atoms with van der Waals surface area (Å²) in [7, 11) is 0. The van der Waals surface area contributed by atoms with Crippen molar-refractivity contribution in [2.75, 3.05) is 11.9 Å². The summed E-state index contributed by atoms with van der Waals surface area (Å²) in [6, 6.07) is 10.8. The number of amides is 1. The van der Waals surface area contributed by atoms with Crippen LogP contribution in [0.15, 0.2) is 47.4 Å². The molecule has 132 valence electrons. The fraction of sp³-hybridized carbons (Fsp3) is 0.176. The summed E-state index contributed by atoms with van der Waals surface area (Å²) in [5, 5.41) is 2.63. The molecule has 0 aliphatic carbocycles. The van der Waals surface area contributed by atoms with Crippen molar-refractivity contribution in [3.8, 4) is 5.75 Å². The molecule has 0 atom stereocenters. The van der Waals surface area contributed by atoms with Gasteiger partial charge in [0.25, 0.3) is 11.7 Å². The lowest BCUT2D eigenvalue weighted by Crippen LogP contribution is -2.20. The van der Waals surface area contributed by atoms with Gasteiger partial charge in [-0.05, 0) is 43.3 Å². The van der Waals surface area contributed by atoms with Gasteiger partial charge in [-0.2, -0.15) is 8.78 Å². The number of ether oxygens (including phenoxy) is 1. The predicted molar refractivity (Wildman–Crippen MR) is 93.9 cm³/mol. The van der Waals surface area contributed by atoms with Crippen LogP contribution in [-0.4, -0.2) is 24.1 Å². The lowest BCUT2D eigenvalue weighted by molar-refractivity contribution is -0.118. The minimum absolute atomic E-state index is 0.0747. The number of hydrogen-bond donors (Lipinski definition) is 1. The highest BCUT2D eigenvalue weighted by Crippen LogP contribution is 2.37. The molecule has 0 saturated carbocycles. The van der Waals surface area contributed by atoms with Crippen LogP contribution in [-0.2, 0) is 4.79 Å². The Morgan fingerprint density at radius 1 is 1.20 bits per heavy atom. The molecule has 0 saturated heterocycles. The monoisotopic (exact) mass is 385 g/mol. The molecule has 2 aromatic rings. The molecule has 0 bridgehead atoms. The minimum atomic E-state index is -2.66. The van der Waals surface area contributed by atoms with Gasteiger partial charge in [0.15, 0.2) is 12.4 Å². The number of rotatable bonds is 7. The van der Waals surface area contributed by atoms with Gasteiger partial charge in [-0.1, -0.05) is 29.4 Å². The highest BCUT2D eigenvalue weighted by molar-refractivity contribution is 7.99. The Kier molecular flexibility index (Phi) is 6.78. The van der Waals surface area contributed by atoms with E-state index in [0.717, 1.165) is 0 Å². The van der Waals surface area contributed by atoms with E-state index >= 15 is 0 Å². The summed E-state index contributed by atoms with van der Waals surface area (Å²) >= 11 is 6.17. The highest BCUT2D eigenvalue weighted by atomic mass is 35.5. The summed E-state index contributed by atoms with van der Waals surface area (Å²) in [5.41, 5.74) is 0.725. The van der Waals surface area contributed by atoms with Crippen LogP contribution in [0.5, 0.6) is 5.75 Å². The van der Waals surface area contributed by atoms with Gasteiger partial charge in [0.2, 0.25) is 0 Å². The summed E-state index contributed by atoms with van der Waals surface area (Å²) in [4.78, 5) is 23.3. The van der Waals surface area contributed by atoms with E-state index in [1.54, 1.807) is 30.3 Å². The SMILES string of the molecule is CC(=O)c1ccc(OCC(=O)Nc2cccc(Cl)c2SC(F)F)cc1. The van der Waals surface area contributed by atoms with E-state index in [0.29, 0.717) is 11.3 Å². The molecule has 8 heteroatoms. The fourth-order valence-electron chi connectivity index (χ4n) is 1.94. The van der Waals surface area contributed by atoms with Crippen molar-refractivity contribution < 1.29 is 23.1 Å². The smallest absolute Gasteiger partial charge is 0.289 e. The summed E-state index contributed by atoms with van der Waals surface area (Å²) in [5.74, 6) is -2.84. The van der Waals surface area contributed by atoms with Crippen LogP contribution in [0.1, 0.15) is 17.3 Å². The number of halogens is 3. The molecule has 0 aliphatic rings. The number of thioether (sulfide) groups is 1. The lowest BCUT2D eigenvalue weighted by Gasteiger charge is -2.12. The zero-order chi connectivity index (χ0) is 18.4. The number of nitrogens with one attached hydrogen (secondary N) is 1. The largest absolute Gasteiger partial charge is 0.484 e. The topological polar surface area (TPSA) is 55.4 Å². The average molecular weight is 386 g/mol. The van der Waals surface area contributed by atoms with Gasteiger partial charge in [-0.15, -0.1) is 0 Å². The molecule has 2 rings (SSSR count). The van der Waals surface area contributed by atoms with Crippen molar-refractivity contribution in [3.05, 3.63) is 53.1 Å². The maximum absolute atomic E-state index is 12.6. The van der Waals surface area contributed by atoms with Crippen LogP contribution >= 0.6 is 23.4 Å². The second-order valence-corrected chi connectivity index (χ2v) is 6.32. The van der Waals surface area contributed by atoms with Gasteiger partial charge in [0.05, 0.1) is 15.6 Å². The van der Waals surface area contributed by atoms with E-state index in [2.05, 4.69) is 5.32 Å². The van der Waals surface area contributed by atoms with E-state index < -0.39 is 11.7 Å². The second kappa shape index (κ2) is 8.82. The highest BCUT2D eigenvalue weighted by Gasteiger charge is 2.15. The standard InChI is InChI=1S/C17H14ClF2NO3S/c1-10(22)11-5-7-12(8-6-11)24-9-15(23)21-14-4-2-3-13(18)16(14)25-17(19)20/h2-8,17H,9H2,1H3,(H,21,23). The molecular weight excluding hydrogens is 372 g/mol. The van der Waals surface area contributed by atoms with Crippen LogP contribution in [0, 0.1) is 0 Å². The van der Waals surface area contributed by atoms with Crippen LogP contribution in [0.3, 0.4) is 0 Å². The molecule has 2 aromatic carbocycles. The Morgan fingerprint density at radius 2 is 1.88 bits per heavy atom. The number of benzene rings is 2. The Bertz CT molecular complexity index is 769. The van der Waals surface area contributed by atoms with Crippen LogP contribution in [0.4, 0.5) is 14.5 Å². The summed E-state index contributed by atoms with van der Waals surface area (Å²) < 4.78 is 30.6. The molecule has 0 radical (unpaired) electrons. The number of alkyl halides is 2. The Morgan fingerprint density at radius 3 is 2.48 bits per heavy atom. The number of Topliss-reactive ketones (excluding diaryl/α,β-unsaturated/α-hetero) is 1. The third-order valence-electron chi connectivity index (χ3n) is 3.08. The molecule has 1 N–H and O–H groups in total. The zero-order valence-corrected chi connectivity index (χ0v) is 14.7. The van der Waals surface area contributed by atoms with Gasteiger partial charge < -0.3 is 10.1 Å². The molecule has 0 aliphatic heterocycles. The van der Waals surface area contributed by atoms with Crippen molar-refractivity contribution in [1.29, 1.82) is 0 Å². The first-order chi connectivity index (χ1) is 11.9. The number of ketones is 1. The fourth-order valence-corrected chi connectivity index (χ4v) is 2.85. The van der Waals surface area contributed by atoms with E-state index in [-0.39, 0.29) is 39.8 Å². The normalized spacial score (nSPS) is 10.6. The first kappa shape index (κ1) is 19.2. The van der Waals surface area contributed by atoms with Gasteiger partial charge in [-0.3, -0.25) is 9.59 Å². The van der Waals surface area contributed by atoms with E-state index in [1.165, 1.54) is 19.1 Å². The molecule has 0 heterocycles. The van der Waals surface area contributed by atoms with E-state index in [4.69, 9.17) is 16.3 Å². The molecule has 25 heavy (non-hydrogen) atoms. The molecule has 0 unspecified atom stereocenters. The second-order valence-electron chi connectivity index (χ2n) is 4.91. The van der Waals surface area contributed by atoms with Crippen molar-refractivity contribution in [2.45, 2.75) is 17.6 Å². The van der Waals surface area contributed by atoms with Crippen molar-refractivity contribution in [1.82, 2.24) is 0 Å². The van der Waals surface area contributed by atoms with Crippen molar-refractivity contribution in [3.63, 3.8) is 0 Å². The maximum Gasteiger partial charge on any atom is 0.289 e. The zero-order valence-electron chi connectivity index (χ0n) is 13.1. The summed E-state index contributed by atoms with van der Waals surface area (Å²) in [6.07, 6.45) is 0. The minimum Gasteiger partial charge on any atom is -0.484 e. The number of hydrogen-bond acceptors (Lipinski definition) is 4. The third kappa shape index (κ3) is 5.72. The average Bonchev–Trinajstić information content (AvgIpc) is 2.56. The van der Waals surface area contributed by atoms with Crippen molar-refractivity contribution >= 4 is 40.7 Å². The van der Waals surface area contributed by atoms with Crippen LogP contribution < -0.4 is 10.1 Å². The molecule has 4 nitrogen and oxygen atoms in total. The lowest BCUT2D eigenvalue weighted by atomic mass is 10.1. The Labute approximate surface area is 152 Å². The van der Waals surface area contributed by atoms with Gasteiger partial charge in [0, 0.05) is 5.56 Å². The number of carbonyl (C=O) groups is 2. The Hall–Kier alpha value is -2.12. The molecule has 0 spiro atoms. The van der Waals surface area contributed by atoms with Crippen LogP contribution in [0.2, 0.25) is 5.02 Å². The molecule has 0 fully saturated rings.